The minimum atomic E-state index is -1.10. The Balaban J connectivity index is 1.99. The molecule has 0 saturated carbocycles. The third-order valence-electron chi connectivity index (χ3n) is 4.04. The molecular weight excluding hydrogens is 230 g/mol. The third kappa shape index (κ3) is 1.52. The molecule has 94 valence electrons. The molecular formula is C14H15NO3. The van der Waals surface area contributed by atoms with E-state index in [9.17, 15) is 10.4 Å². The largest absolute Gasteiger partial charge is 0.492 e. The Morgan fingerprint density at radius 3 is 2.83 bits per heavy atom. The van der Waals surface area contributed by atoms with Crippen molar-refractivity contribution in [2.75, 3.05) is 19.8 Å². The number of para-hydroxylation sites is 1. The predicted octanol–water partition coefficient (Wildman–Crippen LogP) is 1.28. The molecule has 4 nitrogen and oxygen atoms in total. The van der Waals surface area contributed by atoms with Crippen molar-refractivity contribution in [2.24, 2.45) is 5.41 Å². The lowest BCUT2D eigenvalue weighted by Gasteiger charge is -2.41. The van der Waals surface area contributed by atoms with Crippen LogP contribution in [0.2, 0.25) is 0 Å². The van der Waals surface area contributed by atoms with Gasteiger partial charge in [-0.25, -0.2) is 0 Å². The minimum Gasteiger partial charge on any atom is -0.492 e. The lowest BCUT2D eigenvalue weighted by Crippen LogP contribution is -2.54. The average Bonchev–Trinajstić information content (AvgIpc) is 2.86. The monoisotopic (exact) mass is 245 g/mol. The summed E-state index contributed by atoms with van der Waals surface area (Å²) >= 11 is 0. The Morgan fingerprint density at radius 1 is 1.28 bits per heavy atom. The fourth-order valence-electron chi connectivity index (χ4n) is 2.77. The Hall–Kier alpha value is -1.57. The van der Waals surface area contributed by atoms with Gasteiger partial charge in [0.05, 0.1) is 12.7 Å². The summed E-state index contributed by atoms with van der Waals surface area (Å²) in [6.45, 7) is 0.939. The van der Waals surface area contributed by atoms with E-state index in [0.29, 0.717) is 19.4 Å². The second-order valence-corrected chi connectivity index (χ2v) is 5.10. The highest BCUT2D eigenvalue weighted by molar-refractivity contribution is 5.39. The molecule has 1 aromatic rings. The van der Waals surface area contributed by atoms with E-state index in [2.05, 4.69) is 6.07 Å². The zero-order chi connectivity index (χ0) is 12.6. The van der Waals surface area contributed by atoms with Crippen LogP contribution in [-0.2, 0) is 11.2 Å². The molecule has 1 fully saturated rings. The maximum absolute atomic E-state index is 10.7. The number of hydrogen-bond donors (Lipinski definition) is 1. The number of ether oxygens (including phenoxy) is 2. The molecule has 0 aliphatic carbocycles. The summed E-state index contributed by atoms with van der Waals surface area (Å²) in [5.41, 5.74) is -1.03. The highest BCUT2D eigenvalue weighted by Crippen LogP contribution is 2.44. The van der Waals surface area contributed by atoms with E-state index in [1.807, 2.05) is 24.3 Å². The predicted molar refractivity (Wildman–Crippen MR) is 64.1 cm³/mol. The van der Waals surface area contributed by atoms with Gasteiger partial charge in [-0.1, -0.05) is 18.2 Å². The standard InChI is InChI=1S/C14H15NO3/c15-8-13(14(16)5-6-17-10-14)7-11-3-1-2-4-12(11)18-9-13/h1-4,16H,5-7,9-10H2. The second-order valence-electron chi connectivity index (χ2n) is 5.10. The van der Waals surface area contributed by atoms with Crippen molar-refractivity contribution in [2.45, 2.75) is 18.4 Å². The molecule has 0 bridgehead atoms. The molecule has 4 heteroatoms. The number of hydrogen-bond acceptors (Lipinski definition) is 4. The summed E-state index contributed by atoms with van der Waals surface area (Å²) in [4.78, 5) is 0. The second kappa shape index (κ2) is 3.98. The lowest BCUT2D eigenvalue weighted by molar-refractivity contribution is -0.0818. The van der Waals surface area contributed by atoms with Crippen LogP contribution >= 0.6 is 0 Å². The molecule has 1 saturated heterocycles. The molecule has 2 heterocycles. The topological polar surface area (TPSA) is 62.5 Å². The van der Waals surface area contributed by atoms with Crippen LogP contribution in [0.5, 0.6) is 5.75 Å². The van der Waals surface area contributed by atoms with Crippen molar-refractivity contribution in [1.82, 2.24) is 0 Å². The van der Waals surface area contributed by atoms with Gasteiger partial charge >= 0.3 is 0 Å². The van der Waals surface area contributed by atoms with Crippen molar-refractivity contribution in [1.29, 1.82) is 5.26 Å². The zero-order valence-electron chi connectivity index (χ0n) is 10.1. The van der Waals surface area contributed by atoms with Gasteiger partial charge in [0.2, 0.25) is 0 Å². The van der Waals surface area contributed by atoms with Crippen LogP contribution in [0, 0.1) is 16.7 Å². The average molecular weight is 245 g/mol. The fourth-order valence-corrected chi connectivity index (χ4v) is 2.77. The smallest absolute Gasteiger partial charge is 0.126 e. The van der Waals surface area contributed by atoms with Crippen molar-refractivity contribution >= 4 is 0 Å². The van der Waals surface area contributed by atoms with E-state index in [1.165, 1.54) is 0 Å². The van der Waals surface area contributed by atoms with Crippen molar-refractivity contribution in [3.63, 3.8) is 0 Å². The summed E-state index contributed by atoms with van der Waals surface area (Å²) in [7, 11) is 0. The maximum atomic E-state index is 10.7. The first kappa shape index (κ1) is 11.5. The van der Waals surface area contributed by atoms with E-state index < -0.39 is 11.0 Å². The van der Waals surface area contributed by atoms with Crippen LogP contribution in [0.15, 0.2) is 24.3 Å². The molecule has 2 aliphatic heterocycles. The number of fused-ring (bicyclic) bond motifs is 1. The molecule has 0 radical (unpaired) electrons. The van der Waals surface area contributed by atoms with Gasteiger partial charge < -0.3 is 14.6 Å². The van der Waals surface area contributed by atoms with Gasteiger partial charge in [-0.3, -0.25) is 0 Å². The Kier molecular flexibility index (Phi) is 2.54. The Morgan fingerprint density at radius 2 is 2.11 bits per heavy atom. The first-order chi connectivity index (χ1) is 8.69. The van der Waals surface area contributed by atoms with Crippen LogP contribution in [0.1, 0.15) is 12.0 Å². The Bertz CT molecular complexity index is 502. The number of rotatable bonds is 1. The summed E-state index contributed by atoms with van der Waals surface area (Å²) in [5.74, 6) is 0.811. The van der Waals surface area contributed by atoms with Crippen LogP contribution in [0.4, 0.5) is 0 Å². The van der Waals surface area contributed by atoms with Gasteiger partial charge in [-0.15, -0.1) is 0 Å². The molecule has 2 atom stereocenters. The molecule has 0 amide bonds. The number of aliphatic hydroxyl groups is 1. The van der Waals surface area contributed by atoms with E-state index >= 15 is 0 Å². The van der Waals surface area contributed by atoms with E-state index in [0.717, 1.165) is 11.3 Å². The SMILES string of the molecule is N#CC1(C2(O)CCOC2)COc2ccccc2C1. The van der Waals surface area contributed by atoms with Gasteiger partial charge in [-0.2, -0.15) is 5.26 Å². The molecule has 0 aromatic heterocycles. The van der Waals surface area contributed by atoms with Crippen LogP contribution in [0.3, 0.4) is 0 Å². The highest BCUT2D eigenvalue weighted by Gasteiger charge is 2.55. The van der Waals surface area contributed by atoms with E-state index in [-0.39, 0.29) is 13.2 Å². The van der Waals surface area contributed by atoms with Crippen LogP contribution in [0.25, 0.3) is 0 Å². The molecule has 0 spiro atoms. The summed E-state index contributed by atoms with van der Waals surface area (Å²) in [5, 5.41) is 20.2. The molecule has 3 rings (SSSR count). The summed E-state index contributed by atoms with van der Waals surface area (Å²) < 4.78 is 10.9. The quantitative estimate of drug-likeness (QED) is 0.809. The van der Waals surface area contributed by atoms with Crippen LogP contribution < -0.4 is 4.74 Å². The van der Waals surface area contributed by atoms with Gasteiger partial charge in [0, 0.05) is 19.4 Å². The van der Waals surface area contributed by atoms with Crippen LogP contribution in [-0.4, -0.2) is 30.5 Å². The number of benzene rings is 1. The molecule has 1 aromatic carbocycles. The molecule has 18 heavy (non-hydrogen) atoms. The normalized spacial score (nSPS) is 34.4. The molecule has 2 aliphatic rings. The van der Waals surface area contributed by atoms with Crippen molar-refractivity contribution in [3.8, 4) is 11.8 Å². The molecule has 2 unspecified atom stereocenters. The minimum absolute atomic E-state index is 0.214. The third-order valence-corrected chi connectivity index (χ3v) is 4.04. The van der Waals surface area contributed by atoms with Gasteiger partial charge in [0.15, 0.2) is 0 Å². The lowest BCUT2D eigenvalue weighted by atomic mass is 9.68. The van der Waals surface area contributed by atoms with Gasteiger partial charge in [-0.05, 0) is 11.6 Å². The first-order valence-electron chi connectivity index (χ1n) is 6.11. The molecule has 1 N–H and O–H groups in total. The van der Waals surface area contributed by atoms with E-state index in [4.69, 9.17) is 9.47 Å². The van der Waals surface area contributed by atoms with Crippen molar-refractivity contribution < 1.29 is 14.6 Å². The number of nitrogens with zero attached hydrogens (tertiary/aromatic N) is 1. The highest BCUT2D eigenvalue weighted by atomic mass is 16.5. The first-order valence-corrected chi connectivity index (χ1v) is 6.11. The van der Waals surface area contributed by atoms with Gasteiger partial charge in [0.25, 0.3) is 0 Å². The number of nitriles is 1. The van der Waals surface area contributed by atoms with Crippen molar-refractivity contribution in [3.05, 3.63) is 29.8 Å². The summed E-state index contributed by atoms with van der Waals surface area (Å²) in [6, 6.07) is 9.95. The van der Waals surface area contributed by atoms with Gasteiger partial charge in [0.1, 0.15) is 23.4 Å². The fraction of sp³-hybridized carbons (Fsp3) is 0.500. The summed E-state index contributed by atoms with van der Waals surface area (Å²) in [6.07, 6.45) is 1.01. The maximum Gasteiger partial charge on any atom is 0.126 e. The van der Waals surface area contributed by atoms with E-state index in [1.54, 1.807) is 0 Å². The Labute approximate surface area is 106 Å². The zero-order valence-corrected chi connectivity index (χ0v) is 10.1.